The van der Waals surface area contributed by atoms with Crippen molar-refractivity contribution in [3.63, 3.8) is 0 Å². The lowest BCUT2D eigenvalue weighted by Crippen LogP contribution is -2.10. The number of Topliss-reactive ketones (excluding diaryl/α,β-unsaturated/α-hetero) is 1. The number of hydrogen-bond acceptors (Lipinski definition) is 2. The van der Waals surface area contributed by atoms with E-state index < -0.39 is 0 Å². The van der Waals surface area contributed by atoms with E-state index in [0.29, 0.717) is 11.1 Å². The molecule has 1 atom stereocenters. The molecule has 1 aromatic rings. The molecular formula is C11H11BrO2. The molecule has 0 saturated heterocycles. The summed E-state index contributed by atoms with van der Waals surface area (Å²) in [5, 5.41) is 0. The molecule has 1 unspecified atom stereocenters. The molecule has 14 heavy (non-hydrogen) atoms. The number of aldehydes is 1. The van der Waals surface area contributed by atoms with E-state index >= 15 is 0 Å². The highest BCUT2D eigenvalue weighted by atomic mass is 79.9. The number of aryl methyl sites for hydroxylation is 1. The maximum Gasteiger partial charge on any atom is 0.176 e. The highest BCUT2D eigenvalue weighted by molar-refractivity contribution is 9.10. The second-order valence-electron chi connectivity index (χ2n) is 3.17. The van der Waals surface area contributed by atoms with Crippen LogP contribution in [0.25, 0.3) is 0 Å². The van der Waals surface area contributed by atoms with E-state index in [4.69, 9.17) is 0 Å². The van der Waals surface area contributed by atoms with Gasteiger partial charge in [0.05, 0.1) is 4.83 Å². The normalized spacial score (nSPS) is 12.2. The smallest absolute Gasteiger partial charge is 0.176 e. The Bertz CT molecular complexity index is 370. The fraction of sp³-hybridized carbons (Fsp3) is 0.273. The molecule has 0 aliphatic carbocycles. The second-order valence-corrected chi connectivity index (χ2v) is 4.54. The van der Waals surface area contributed by atoms with Gasteiger partial charge in [-0.3, -0.25) is 9.59 Å². The Kier molecular flexibility index (Phi) is 3.58. The molecular weight excluding hydrogens is 244 g/mol. The van der Waals surface area contributed by atoms with Crippen LogP contribution < -0.4 is 0 Å². The largest absolute Gasteiger partial charge is 0.298 e. The maximum atomic E-state index is 11.6. The van der Waals surface area contributed by atoms with E-state index in [0.717, 1.165) is 11.8 Å². The van der Waals surface area contributed by atoms with Gasteiger partial charge in [0.1, 0.15) is 6.29 Å². The predicted octanol–water partition coefficient (Wildman–Crippen LogP) is 2.77. The molecule has 0 fully saturated rings. The molecule has 1 rings (SSSR count). The summed E-state index contributed by atoms with van der Waals surface area (Å²) in [6.45, 7) is 3.60. The number of carbonyl (C=O) groups is 2. The number of hydrogen-bond donors (Lipinski definition) is 0. The third kappa shape index (κ3) is 2.29. The summed E-state index contributed by atoms with van der Waals surface area (Å²) in [4.78, 5) is 21.9. The van der Waals surface area contributed by atoms with Crippen molar-refractivity contribution in [1.82, 2.24) is 0 Å². The standard InChI is InChI=1S/C11H11BrO2/c1-7-5-9(11(14)8(2)12)3-4-10(7)6-13/h3-6,8H,1-2H3. The summed E-state index contributed by atoms with van der Waals surface area (Å²) in [7, 11) is 0. The Morgan fingerprint density at radius 2 is 2.14 bits per heavy atom. The summed E-state index contributed by atoms with van der Waals surface area (Å²) < 4.78 is 0. The molecule has 2 nitrogen and oxygen atoms in total. The Morgan fingerprint density at radius 3 is 2.57 bits per heavy atom. The first-order valence-corrected chi connectivity index (χ1v) is 5.22. The lowest BCUT2D eigenvalue weighted by Gasteiger charge is -2.05. The van der Waals surface area contributed by atoms with E-state index in [9.17, 15) is 9.59 Å². The maximum absolute atomic E-state index is 11.6. The summed E-state index contributed by atoms with van der Waals surface area (Å²) in [5.41, 5.74) is 2.10. The van der Waals surface area contributed by atoms with Gasteiger partial charge in [0, 0.05) is 11.1 Å². The van der Waals surface area contributed by atoms with Crippen LogP contribution in [0.2, 0.25) is 0 Å². The van der Waals surface area contributed by atoms with Crippen molar-refractivity contribution < 1.29 is 9.59 Å². The zero-order valence-electron chi connectivity index (χ0n) is 8.08. The average molecular weight is 255 g/mol. The number of alkyl halides is 1. The van der Waals surface area contributed by atoms with Gasteiger partial charge in [0.25, 0.3) is 0 Å². The van der Waals surface area contributed by atoms with Crippen LogP contribution in [0.1, 0.15) is 33.2 Å². The van der Waals surface area contributed by atoms with E-state index in [1.807, 2.05) is 6.92 Å². The van der Waals surface area contributed by atoms with Crippen LogP contribution in [0.3, 0.4) is 0 Å². The topological polar surface area (TPSA) is 34.1 Å². The molecule has 74 valence electrons. The van der Waals surface area contributed by atoms with E-state index in [2.05, 4.69) is 15.9 Å². The van der Waals surface area contributed by atoms with Crippen molar-refractivity contribution in [3.05, 3.63) is 34.9 Å². The highest BCUT2D eigenvalue weighted by Crippen LogP contribution is 2.13. The van der Waals surface area contributed by atoms with Gasteiger partial charge in [-0.1, -0.05) is 28.1 Å². The van der Waals surface area contributed by atoms with Gasteiger partial charge >= 0.3 is 0 Å². The molecule has 0 aromatic heterocycles. The summed E-state index contributed by atoms with van der Waals surface area (Å²) in [6, 6.07) is 5.09. The number of rotatable bonds is 3. The Hall–Kier alpha value is -0.960. The van der Waals surface area contributed by atoms with Crippen LogP contribution in [-0.2, 0) is 0 Å². The average Bonchev–Trinajstić information content (AvgIpc) is 2.16. The molecule has 0 bridgehead atoms. The van der Waals surface area contributed by atoms with Gasteiger partial charge in [-0.05, 0) is 25.5 Å². The molecule has 0 amide bonds. The molecule has 1 aromatic carbocycles. The number of benzene rings is 1. The zero-order chi connectivity index (χ0) is 10.7. The first kappa shape index (κ1) is 11.1. The highest BCUT2D eigenvalue weighted by Gasteiger charge is 2.12. The van der Waals surface area contributed by atoms with Crippen LogP contribution in [0.5, 0.6) is 0 Å². The van der Waals surface area contributed by atoms with Gasteiger partial charge in [0.15, 0.2) is 5.78 Å². The van der Waals surface area contributed by atoms with Crippen LogP contribution in [0.4, 0.5) is 0 Å². The fourth-order valence-electron chi connectivity index (χ4n) is 1.19. The van der Waals surface area contributed by atoms with Crippen molar-refractivity contribution in [2.75, 3.05) is 0 Å². The van der Waals surface area contributed by atoms with Crippen molar-refractivity contribution in [3.8, 4) is 0 Å². The minimum Gasteiger partial charge on any atom is -0.298 e. The molecule has 3 heteroatoms. The third-order valence-electron chi connectivity index (χ3n) is 2.04. The second kappa shape index (κ2) is 4.51. The number of halogens is 1. The van der Waals surface area contributed by atoms with Crippen molar-refractivity contribution in [2.45, 2.75) is 18.7 Å². The quantitative estimate of drug-likeness (QED) is 0.472. The van der Waals surface area contributed by atoms with Crippen molar-refractivity contribution in [1.29, 1.82) is 0 Å². The molecule has 0 radical (unpaired) electrons. The Labute approximate surface area is 91.4 Å². The van der Waals surface area contributed by atoms with E-state index in [1.54, 1.807) is 25.1 Å². The van der Waals surface area contributed by atoms with Gasteiger partial charge in [-0.2, -0.15) is 0 Å². The summed E-state index contributed by atoms with van der Waals surface area (Å²) in [5.74, 6) is 0.0329. The molecule has 0 aliphatic heterocycles. The lowest BCUT2D eigenvalue weighted by molar-refractivity contribution is 0.0995. The van der Waals surface area contributed by atoms with Crippen molar-refractivity contribution in [2.24, 2.45) is 0 Å². The predicted molar refractivity (Wildman–Crippen MR) is 59.3 cm³/mol. The SMILES string of the molecule is Cc1cc(C(=O)C(C)Br)ccc1C=O. The van der Waals surface area contributed by atoms with Crippen molar-refractivity contribution >= 4 is 28.0 Å². The zero-order valence-corrected chi connectivity index (χ0v) is 9.67. The molecule has 0 aliphatic rings. The van der Waals surface area contributed by atoms with Gasteiger partial charge in [0.2, 0.25) is 0 Å². The first-order valence-electron chi connectivity index (χ1n) is 4.30. The fourth-order valence-corrected chi connectivity index (χ4v) is 1.46. The molecule has 0 spiro atoms. The molecule has 0 N–H and O–H groups in total. The molecule has 0 saturated carbocycles. The van der Waals surface area contributed by atoms with Gasteiger partial charge in [-0.15, -0.1) is 0 Å². The first-order chi connectivity index (χ1) is 6.56. The Balaban J connectivity index is 3.08. The van der Waals surface area contributed by atoms with Crippen LogP contribution in [-0.4, -0.2) is 16.9 Å². The minimum absolute atomic E-state index is 0.0329. The van der Waals surface area contributed by atoms with Crippen LogP contribution in [0.15, 0.2) is 18.2 Å². The third-order valence-corrected chi connectivity index (χ3v) is 2.46. The summed E-state index contributed by atoms with van der Waals surface area (Å²) >= 11 is 3.22. The summed E-state index contributed by atoms with van der Waals surface area (Å²) in [6.07, 6.45) is 0.793. The van der Waals surface area contributed by atoms with Crippen LogP contribution >= 0.6 is 15.9 Å². The number of ketones is 1. The van der Waals surface area contributed by atoms with E-state index in [1.165, 1.54) is 0 Å². The Morgan fingerprint density at radius 1 is 1.50 bits per heavy atom. The van der Waals surface area contributed by atoms with Crippen LogP contribution in [0, 0.1) is 6.92 Å². The molecule has 0 heterocycles. The van der Waals surface area contributed by atoms with E-state index in [-0.39, 0.29) is 10.6 Å². The van der Waals surface area contributed by atoms with Gasteiger partial charge in [-0.25, -0.2) is 0 Å². The monoisotopic (exact) mass is 254 g/mol. The lowest BCUT2D eigenvalue weighted by atomic mass is 10.0. The number of carbonyl (C=O) groups excluding carboxylic acids is 2. The minimum atomic E-state index is -0.191. The van der Waals surface area contributed by atoms with Gasteiger partial charge < -0.3 is 0 Å².